The minimum Gasteiger partial charge on any atom is -0.348 e. The third kappa shape index (κ3) is 4.68. The molecule has 0 spiro atoms. The molecule has 21 heavy (non-hydrogen) atoms. The van der Waals surface area contributed by atoms with Gasteiger partial charge in [-0.05, 0) is 37.6 Å². The molecule has 4 heteroatoms. The molecule has 1 aliphatic rings. The first-order valence-electron chi connectivity index (χ1n) is 8.58. The highest BCUT2D eigenvalue weighted by Gasteiger charge is 2.24. The minimum absolute atomic E-state index is 0.786. The van der Waals surface area contributed by atoms with Gasteiger partial charge >= 0.3 is 0 Å². The number of thiazole rings is 1. The summed E-state index contributed by atoms with van der Waals surface area (Å²) < 4.78 is 0. The van der Waals surface area contributed by atoms with E-state index in [4.69, 9.17) is 4.98 Å². The topological polar surface area (TPSA) is 28.2 Å². The van der Waals surface area contributed by atoms with E-state index in [-0.39, 0.29) is 0 Å². The fourth-order valence-corrected chi connectivity index (χ4v) is 4.37. The molecule has 1 N–H and O–H groups in total. The molecule has 1 aromatic heterocycles. The summed E-state index contributed by atoms with van der Waals surface area (Å²) in [5.41, 5.74) is 1.33. The molecule has 2 unspecified atom stereocenters. The van der Waals surface area contributed by atoms with E-state index < -0.39 is 0 Å². The molecule has 1 fully saturated rings. The smallest absolute Gasteiger partial charge is 0.185 e. The largest absolute Gasteiger partial charge is 0.348 e. The van der Waals surface area contributed by atoms with Crippen LogP contribution in [0.3, 0.4) is 0 Å². The van der Waals surface area contributed by atoms with Crippen LogP contribution in [0.15, 0.2) is 0 Å². The summed E-state index contributed by atoms with van der Waals surface area (Å²) in [5.74, 6) is 1.57. The van der Waals surface area contributed by atoms with E-state index in [1.54, 1.807) is 0 Å². The second kappa shape index (κ2) is 8.14. The van der Waals surface area contributed by atoms with Crippen molar-refractivity contribution in [2.75, 3.05) is 24.5 Å². The van der Waals surface area contributed by atoms with Gasteiger partial charge in [0.05, 0.1) is 5.69 Å². The fraction of sp³-hybridized carbons (Fsp3) is 0.824. The van der Waals surface area contributed by atoms with Gasteiger partial charge in [0.2, 0.25) is 0 Å². The van der Waals surface area contributed by atoms with Crippen molar-refractivity contribution in [3.63, 3.8) is 0 Å². The van der Waals surface area contributed by atoms with Crippen LogP contribution in [0.25, 0.3) is 0 Å². The summed E-state index contributed by atoms with van der Waals surface area (Å²) >= 11 is 1.91. The van der Waals surface area contributed by atoms with Crippen molar-refractivity contribution < 1.29 is 0 Å². The lowest BCUT2D eigenvalue weighted by atomic mass is 9.92. The number of aromatic nitrogens is 1. The minimum atomic E-state index is 0.786. The first-order chi connectivity index (χ1) is 10.1. The Hall–Kier alpha value is -0.610. The van der Waals surface area contributed by atoms with Crippen LogP contribution in [0.2, 0.25) is 0 Å². The summed E-state index contributed by atoms with van der Waals surface area (Å²) in [6.45, 7) is 13.6. The number of anilines is 1. The molecule has 0 aliphatic carbocycles. The van der Waals surface area contributed by atoms with Crippen LogP contribution < -0.4 is 10.2 Å². The summed E-state index contributed by atoms with van der Waals surface area (Å²) in [6, 6.07) is 0. The first kappa shape index (κ1) is 16.8. The molecule has 0 bridgehead atoms. The Morgan fingerprint density at radius 3 is 2.52 bits per heavy atom. The third-order valence-corrected chi connectivity index (χ3v) is 5.26. The van der Waals surface area contributed by atoms with Crippen molar-refractivity contribution in [3.8, 4) is 0 Å². The Labute approximate surface area is 134 Å². The number of rotatable bonds is 7. The molecule has 0 aromatic carbocycles. The quantitative estimate of drug-likeness (QED) is 0.769. The van der Waals surface area contributed by atoms with Crippen LogP contribution in [-0.2, 0) is 13.0 Å². The van der Waals surface area contributed by atoms with Crippen LogP contribution in [0, 0.1) is 11.8 Å². The molecule has 120 valence electrons. The van der Waals surface area contributed by atoms with Crippen LogP contribution >= 0.6 is 11.3 Å². The second-order valence-corrected chi connectivity index (χ2v) is 7.71. The van der Waals surface area contributed by atoms with E-state index in [2.05, 4.69) is 37.9 Å². The zero-order chi connectivity index (χ0) is 15.2. The van der Waals surface area contributed by atoms with Gasteiger partial charge in [0.25, 0.3) is 0 Å². The Morgan fingerprint density at radius 2 is 1.90 bits per heavy atom. The van der Waals surface area contributed by atoms with Crippen LogP contribution in [0.1, 0.15) is 57.5 Å². The maximum Gasteiger partial charge on any atom is 0.185 e. The average Bonchev–Trinajstić information content (AvgIpc) is 2.82. The van der Waals surface area contributed by atoms with Gasteiger partial charge in [-0.2, -0.15) is 0 Å². The van der Waals surface area contributed by atoms with Crippen LogP contribution in [-0.4, -0.2) is 24.6 Å². The number of hydrogen-bond donors (Lipinski definition) is 1. The highest BCUT2D eigenvalue weighted by molar-refractivity contribution is 7.15. The maximum atomic E-state index is 4.98. The van der Waals surface area contributed by atoms with E-state index in [1.807, 2.05) is 11.3 Å². The van der Waals surface area contributed by atoms with Crippen molar-refractivity contribution in [2.45, 2.75) is 59.9 Å². The van der Waals surface area contributed by atoms with Gasteiger partial charge in [0.15, 0.2) is 5.13 Å². The van der Waals surface area contributed by atoms with Crippen LogP contribution in [0.5, 0.6) is 0 Å². The van der Waals surface area contributed by atoms with E-state index in [0.29, 0.717) is 0 Å². The molecule has 1 aliphatic heterocycles. The lowest BCUT2D eigenvalue weighted by Gasteiger charge is -2.34. The molecular weight excluding hydrogens is 278 g/mol. The average molecular weight is 310 g/mol. The Kier molecular flexibility index (Phi) is 6.49. The lowest BCUT2D eigenvalue weighted by Crippen LogP contribution is -2.38. The molecule has 2 rings (SSSR count). The van der Waals surface area contributed by atoms with E-state index in [9.17, 15) is 0 Å². The highest BCUT2D eigenvalue weighted by Crippen LogP contribution is 2.32. The maximum absolute atomic E-state index is 4.98. The molecule has 0 saturated carbocycles. The normalized spacial score (nSPS) is 22.8. The van der Waals surface area contributed by atoms with Gasteiger partial charge in [-0.15, -0.1) is 11.3 Å². The summed E-state index contributed by atoms with van der Waals surface area (Å²) in [5, 5.41) is 4.79. The lowest BCUT2D eigenvalue weighted by molar-refractivity contribution is 0.356. The number of aryl methyl sites for hydroxylation is 1. The fourth-order valence-electron chi connectivity index (χ4n) is 3.27. The predicted molar refractivity (Wildman–Crippen MR) is 93.3 cm³/mol. The van der Waals surface area contributed by atoms with E-state index in [1.165, 1.54) is 48.1 Å². The van der Waals surface area contributed by atoms with Gasteiger partial charge in [0, 0.05) is 24.5 Å². The second-order valence-electron chi connectivity index (χ2n) is 6.64. The Morgan fingerprint density at radius 1 is 1.19 bits per heavy atom. The zero-order valence-electron chi connectivity index (χ0n) is 14.1. The summed E-state index contributed by atoms with van der Waals surface area (Å²) in [6.07, 6.45) is 4.83. The molecule has 0 radical (unpaired) electrons. The standard InChI is InChI=1S/C17H31N3S/c1-5-7-15-16(10-18-8-6-2)21-17(19-15)20-11-13(3)9-14(4)12-20/h13-14,18H,5-12H2,1-4H3. The molecular formula is C17H31N3S. The summed E-state index contributed by atoms with van der Waals surface area (Å²) in [4.78, 5) is 8.95. The van der Waals surface area contributed by atoms with Gasteiger partial charge < -0.3 is 10.2 Å². The van der Waals surface area contributed by atoms with E-state index >= 15 is 0 Å². The van der Waals surface area contributed by atoms with Crippen molar-refractivity contribution in [1.29, 1.82) is 0 Å². The SMILES string of the molecule is CCCNCc1sc(N2CC(C)CC(C)C2)nc1CCC. The molecule has 3 nitrogen and oxygen atoms in total. The van der Waals surface area contributed by atoms with Gasteiger partial charge in [-0.3, -0.25) is 0 Å². The summed E-state index contributed by atoms with van der Waals surface area (Å²) in [7, 11) is 0. The molecule has 2 atom stereocenters. The molecule has 1 aromatic rings. The van der Waals surface area contributed by atoms with Crippen molar-refractivity contribution in [3.05, 3.63) is 10.6 Å². The van der Waals surface area contributed by atoms with Gasteiger partial charge in [-0.25, -0.2) is 4.98 Å². The highest BCUT2D eigenvalue weighted by atomic mass is 32.1. The van der Waals surface area contributed by atoms with Crippen molar-refractivity contribution in [2.24, 2.45) is 11.8 Å². The van der Waals surface area contributed by atoms with E-state index in [0.717, 1.165) is 31.3 Å². The predicted octanol–water partition coefficient (Wildman–Crippen LogP) is 4.08. The van der Waals surface area contributed by atoms with Crippen molar-refractivity contribution >= 4 is 16.5 Å². The Balaban J connectivity index is 2.09. The Bertz CT molecular complexity index is 420. The van der Waals surface area contributed by atoms with Crippen molar-refractivity contribution in [1.82, 2.24) is 10.3 Å². The molecule has 1 saturated heterocycles. The molecule has 0 amide bonds. The first-order valence-corrected chi connectivity index (χ1v) is 9.39. The van der Waals surface area contributed by atoms with Gasteiger partial charge in [0.1, 0.15) is 0 Å². The van der Waals surface area contributed by atoms with Crippen LogP contribution in [0.4, 0.5) is 5.13 Å². The number of hydrogen-bond acceptors (Lipinski definition) is 4. The number of piperidine rings is 1. The monoisotopic (exact) mass is 309 g/mol. The zero-order valence-corrected chi connectivity index (χ0v) is 14.9. The molecule has 2 heterocycles. The third-order valence-electron chi connectivity index (χ3n) is 4.11. The van der Waals surface area contributed by atoms with Gasteiger partial charge in [-0.1, -0.05) is 34.1 Å². The number of nitrogens with one attached hydrogen (secondary N) is 1. The number of nitrogens with zero attached hydrogens (tertiary/aromatic N) is 2.